The maximum absolute atomic E-state index is 12.0. The summed E-state index contributed by atoms with van der Waals surface area (Å²) in [5, 5.41) is 3.11. The number of carbonyl (C=O) groups excluding carboxylic acids is 1. The fourth-order valence-electron chi connectivity index (χ4n) is 2.60. The van der Waals surface area contributed by atoms with Crippen LogP contribution in [-0.2, 0) is 4.74 Å². The van der Waals surface area contributed by atoms with Gasteiger partial charge >= 0.3 is 6.03 Å². The summed E-state index contributed by atoms with van der Waals surface area (Å²) in [4.78, 5) is 14.0. The molecule has 0 unspecified atom stereocenters. The standard InChI is InChI=1S/C14H26N2O2/c1-12-3-8-16(9-4-12)13(17)15-11-14(5-6-14)7-10-18-2/h12H,3-11H2,1-2H3,(H,15,17). The number of likely N-dealkylation sites (tertiary alicyclic amines) is 1. The van der Waals surface area contributed by atoms with E-state index >= 15 is 0 Å². The zero-order chi connectivity index (χ0) is 13.0. The van der Waals surface area contributed by atoms with Crippen LogP contribution >= 0.6 is 0 Å². The molecule has 0 spiro atoms. The first-order valence-corrected chi connectivity index (χ1v) is 7.17. The van der Waals surface area contributed by atoms with Crippen LogP contribution in [0.15, 0.2) is 0 Å². The van der Waals surface area contributed by atoms with Crippen LogP contribution in [0.3, 0.4) is 0 Å². The van der Waals surface area contributed by atoms with E-state index in [1.54, 1.807) is 7.11 Å². The summed E-state index contributed by atoms with van der Waals surface area (Å²) < 4.78 is 5.13. The number of carbonyl (C=O) groups is 1. The maximum Gasteiger partial charge on any atom is 0.317 e. The highest BCUT2D eigenvalue weighted by Crippen LogP contribution is 2.48. The van der Waals surface area contributed by atoms with Crippen LogP contribution in [0.25, 0.3) is 0 Å². The molecule has 2 aliphatic rings. The van der Waals surface area contributed by atoms with Crippen LogP contribution in [0.5, 0.6) is 0 Å². The van der Waals surface area contributed by atoms with Gasteiger partial charge in [-0.2, -0.15) is 0 Å². The Morgan fingerprint density at radius 2 is 2.06 bits per heavy atom. The van der Waals surface area contributed by atoms with E-state index in [0.717, 1.165) is 51.4 Å². The summed E-state index contributed by atoms with van der Waals surface area (Å²) in [6.45, 7) is 5.72. The number of rotatable bonds is 5. The van der Waals surface area contributed by atoms with Gasteiger partial charge in [0.1, 0.15) is 0 Å². The normalized spacial score (nSPS) is 22.9. The Balaban J connectivity index is 1.68. The molecule has 104 valence electrons. The van der Waals surface area contributed by atoms with Crippen LogP contribution in [0, 0.1) is 11.3 Å². The van der Waals surface area contributed by atoms with E-state index in [1.165, 1.54) is 12.8 Å². The van der Waals surface area contributed by atoms with E-state index in [1.807, 2.05) is 4.90 Å². The van der Waals surface area contributed by atoms with Crippen LogP contribution in [0.2, 0.25) is 0 Å². The molecular weight excluding hydrogens is 228 g/mol. The predicted molar refractivity (Wildman–Crippen MR) is 71.5 cm³/mol. The molecule has 0 atom stereocenters. The minimum atomic E-state index is 0.130. The largest absolute Gasteiger partial charge is 0.385 e. The van der Waals surface area contributed by atoms with Crippen molar-refractivity contribution < 1.29 is 9.53 Å². The number of amides is 2. The number of methoxy groups -OCH3 is 1. The molecule has 2 rings (SSSR count). The van der Waals surface area contributed by atoms with Gasteiger partial charge in [0.05, 0.1) is 0 Å². The smallest absolute Gasteiger partial charge is 0.317 e. The molecule has 0 aromatic rings. The van der Waals surface area contributed by atoms with Crippen LogP contribution < -0.4 is 5.32 Å². The molecule has 1 heterocycles. The maximum atomic E-state index is 12.0. The lowest BCUT2D eigenvalue weighted by molar-refractivity contribution is 0.160. The SMILES string of the molecule is COCCC1(CNC(=O)N2CCC(C)CC2)CC1. The fourth-order valence-corrected chi connectivity index (χ4v) is 2.60. The Labute approximate surface area is 110 Å². The number of ether oxygens (including phenoxy) is 1. The van der Waals surface area contributed by atoms with Gasteiger partial charge in [-0.05, 0) is 43.4 Å². The van der Waals surface area contributed by atoms with Gasteiger partial charge in [-0.25, -0.2) is 4.79 Å². The van der Waals surface area contributed by atoms with Crippen molar-refractivity contribution in [2.24, 2.45) is 11.3 Å². The van der Waals surface area contributed by atoms with Crippen molar-refractivity contribution in [1.29, 1.82) is 0 Å². The number of hydrogen-bond acceptors (Lipinski definition) is 2. The van der Waals surface area contributed by atoms with Gasteiger partial charge < -0.3 is 15.0 Å². The second-order valence-electron chi connectivity index (χ2n) is 6.07. The molecule has 18 heavy (non-hydrogen) atoms. The van der Waals surface area contributed by atoms with Gasteiger partial charge in [-0.3, -0.25) is 0 Å². The van der Waals surface area contributed by atoms with Crippen LogP contribution in [0.1, 0.15) is 39.0 Å². The van der Waals surface area contributed by atoms with Crippen LogP contribution in [-0.4, -0.2) is 44.3 Å². The van der Waals surface area contributed by atoms with Gasteiger partial charge in [0, 0.05) is 33.4 Å². The third kappa shape index (κ3) is 3.61. The number of piperidine rings is 1. The molecule has 2 fully saturated rings. The summed E-state index contributed by atoms with van der Waals surface area (Å²) in [5.41, 5.74) is 0.342. The lowest BCUT2D eigenvalue weighted by atomic mass is 9.99. The van der Waals surface area contributed by atoms with Crippen LogP contribution in [0.4, 0.5) is 4.79 Å². The third-order valence-electron chi connectivity index (χ3n) is 4.48. The molecular formula is C14H26N2O2. The number of nitrogens with zero attached hydrogens (tertiary/aromatic N) is 1. The van der Waals surface area contributed by atoms with Gasteiger partial charge in [0.2, 0.25) is 0 Å². The molecule has 1 saturated heterocycles. The minimum absolute atomic E-state index is 0.130. The monoisotopic (exact) mass is 254 g/mol. The average Bonchev–Trinajstić information content (AvgIpc) is 3.15. The topological polar surface area (TPSA) is 41.6 Å². The molecule has 2 amide bonds. The summed E-state index contributed by atoms with van der Waals surface area (Å²) in [5.74, 6) is 0.769. The zero-order valence-corrected chi connectivity index (χ0v) is 11.7. The van der Waals surface area contributed by atoms with Crippen molar-refractivity contribution >= 4 is 6.03 Å². The molecule has 1 aliphatic carbocycles. The first kappa shape index (κ1) is 13.7. The van der Waals surface area contributed by atoms with Crippen molar-refractivity contribution in [1.82, 2.24) is 10.2 Å². The Hall–Kier alpha value is -0.770. The first-order chi connectivity index (χ1) is 8.65. The summed E-state index contributed by atoms with van der Waals surface area (Å²) in [6.07, 6.45) is 5.81. The molecule has 0 aromatic heterocycles. The highest BCUT2D eigenvalue weighted by atomic mass is 16.5. The molecule has 0 bridgehead atoms. The first-order valence-electron chi connectivity index (χ1n) is 7.17. The third-order valence-corrected chi connectivity index (χ3v) is 4.48. The van der Waals surface area contributed by atoms with E-state index in [2.05, 4.69) is 12.2 Å². The Morgan fingerprint density at radius 3 is 2.61 bits per heavy atom. The Bertz CT molecular complexity index is 282. The molecule has 4 nitrogen and oxygen atoms in total. The second kappa shape index (κ2) is 5.91. The van der Waals surface area contributed by atoms with Crippen molar-refractivity contribution in [2.75, 3.05) is 33.4 Å². The summed E-state index contributed by atoms with van der Waals surface area (Å²) >= 11 is 0. The van der Waals surface area contributed by atoms with E-state index in [-0.39, 0.29) is 6.03 Å². The molecule has 4 heteroatoms. The van der Waals surface area contributed by atoms with Crippen molar-refractivity contribution in [3.8, 4) is 0 Å². The van der Waals surface area contributed by atoms with Crippen molar-refractivity contribution in [2.45, 2.75) is 39.0 Å². The Morgan fingerprint density at radius 1 is 1.39 bits per heavy atom. The van der Waals surface area contributed by atoms with Gasteiger partial charge in [0.15, 0.2) is 0 Å². The lowest BCUT2D eigenvalue weighted by Gasteiger charge is -2.31. The van der Waals surface area contributed by atoms with E-state index in [9.17, 15) is 4.79 Å². The number of nitrogens with one attached hydrogen (secondary N) is 1. The highest BCUT2D eigenvalue weighted by molar-refractivity contribution is 5.74. The fraction of sp³-hybridized carbons (Fsp3) is 0.929. The average molecular weight is 254 g/mol. The minimum Gasteiger partial charge on any atom is -0.385 e. The molecule has 0 aromatic carbocycles. The lowest BCUT2D eigenvalue weighted by Crippen LogP contribution is -2.45. The molecule has 0 radical (unpaired) electrons. The predicted octanol–water partition coefficient (Wildman–Crippen LogP) is 2.24. The Kier molecular flexibility index (Phi) is 4.49. The molecule has 1 aliphatic heterocycles. The van der Waals surface area contributed by atoms with Crippen molar-refractivity contribution in [3.05, 3.63) is 0 Å². The number of hydrogen-bond donors (Lipinski definition) is 1. The summed E-state index contributed by atoms with van der Waals surface area (Å²) in [6, 6.07) is 0.130. The quantitative estimate of drug-likeness (QED) is 0.817. The highest BCUT2D eigenvalue weighted by Gasteiger charge is 2.42. The zero-order valence-electron chi connectivity index (χ0n) is 11.7. The van der Waals surface area contributed by atoms with E-state index < -0.39 is 0 Å². The molecule has 1 N–H and O–H groups in total. The van der Waals surface area contributed by atoms with E-state index in [4.69, 9.17) is 4.74 Å². The summed E-state index contributed by atoms with van der Waals surface area (Å²) in [7, 11) is 1.74. The number of urea groups is 1. The van der Waals surface area contributed by atoms with E-state index in [0.29, 0.717) is 5.41 Å². The van der Waals surface area contributed by atoms with Crippen molar-refractivity contribution in [3.63, 3.8) is 0 Å². The molecule has 1 saturated carbocycles. The van der Waals surface area contributed by atoms with Gasteiger partial charge in [0.25, 0.3) is 0 Å². The van der Waals surface area contributed by atoms with Gasteiger partial charge in [-0.1, -0.05) is 6.92 Å². The second-order valence-corrected chi connectivity index (χ2v) is 6.07. The van der Waals surface area contributed by atoms with Gasteiger partial charge in [-0.15, -0.1) is 0 Å².